The van der Waals surface area contributed by atoms with Crippen molar-refractivity contribution in [3.05, 3.63) is 0 Å². The van der Waals surface area contributed by atoms with Gasteiger partial charge in [-0.05, 0) is 51.4 Å². The van der Waals surface area contributed by atoms with Gasteiger partial charge in [0.25, 0.3) is 0 Å². The van der Waals surface area contributed by atoms with Gasteiger partial charge in [-0.2, -0.15) is 0 Å². The Morgan fingerprint density at radius 2 is 0.962 bits per heavy atom. The third kappa shape index (κ3) is 13.2. The van der Waals surface area contributed by atoms with Gasteiger partial charge in [0, 0.05) is 23.5 Å². The topological polar surface area (TPSA) is 58.9 Å². The van der Waals surface area contributed by atoms with Gasteiger partial charge in [-0.15, -0.1) is 46.4 Å². The van der Waals surface area contributed by atoms with E-state index in [0.29, 0.717) is 37.8 Å². The first-order chi connectivity index (χ1) is 12.4. The average Bonchev–Trinajstić information content (AvgIpc) is 2.66. The maximum Gasteiger partial charge on any atom is 0.0806 e. The molecule has 158 valence electrons. The highest BCUT2D eigenvalue weighted by Crippen LogP contribution is 2.17. The Morgan fingerprint density at radius 1 is 0.615 bits per heavy atom. The van der Waals surface area contributed by atoms with E-state index in [0.717, 1.165) is 12.8 Å². The largest absolute Gasteiger partial charge is 0.392 e. The summed E-state index contributed by atoms with van der Waals surface area (Å²) in [6.07, 6.45) is 1.64. The third-order valence-electron chi connectivity index (χ3n) is 4.46. The minimum atomic E-state index is -0.494. The molecular formula is C18H34Cl4O4. The monoisotopic (exact) mass is 454 g/mol. The van der Waals surface area contributed by atoms with E-state index < -0.39 is 12.2 Å². The molecule has 26 heavy (non-hydrogen) atoms. The molecule has 0 spiro atoms. The van der Waals surface area contributed by atoms with E-state index in [9.17, 15) is 10.2 Å². The van der Waals surface area contributed by atoms with E-state index in [4.69, 9.17) is 55.9 Å². The zero-order valence-corrected chi connectivity index (χ0v) is 18.8. The second-order valence-electron chi connectivity index (χ2n) is 6.89. The lowest BCUT2D eigenvalue weighted by atomic mass is 10.0. The standard InChI is InChI=1S/C18H34Cl4O4/c1-13(25-11-15(7-19)3-5-17(23)9-21)14(2)26-12-16(8-20)4-6-18(24)10-22/h13-18,23-24H,3-12H2,1-2H3. The molecule has 0 aliphatic carbocycles. The average molecular weight is 456 g/mol. The second-order valence-corrected chi connectivity index (χ2v) is 8.12. The molecule has 0 aromatic heterocycles. The lowest BCUT2D eigenvalue weighted by Gasteiger charge is -2.25. The van der Waals surface area contributed by atoms with Crippen LogP contribution >= 0.6 is 46.4 Å². The molecule has 4 nitrogen and oxygen atoms in total. The molecule has 0 aliphatic rings. The fraction of sp³-hybridized carbons (Fsp3) is 1.00. The highest BCUT2D eigenvalue weighted by molar-refractivity contribution is 6.18. The first-order valence-corrected chi connectivity index (χ1v) is 11.3. The van der Waals surface area contributed by atoms with Crippen molar-refractivity contribution in [1.82, 2.24) is 0 Å². The van der Waals surface area contributed by atoms with Crippen molar-refractivity contribution in [1.29, 1.82) is 0 Å². The van der Waals surface area contributed by atoms with Crippen LogP contribution in [0.25, 0.3) is 0 Å². The third-order valence-corrected chi connectivity index (χ3v) is 6.04. The van der Waals surface area contributed by atoms with E-state index in [-0.39, 0.29) is 35.8 Å². The molecule has 0 aromatic rings. The number of rotatable bonds is 17. The minimum absolute atomic E-state index is 0.0805. The summed E-state index contributed by atoms with van der Waals surface area (Å²) in [5.41, 5.74) is 0. The molecule has 6 atom stereocenters. The Morgan fingerprint density at radius 3 is 1.23 bits per heavy atom. The van der Waals surface area contributed by atoms with E-state index in [1.54, 1.807) is 0 Å². The molecule has 0 bridgehead atoms. The van der Waals surface area contributed by atoms with Gasteiger partial charge in [0.1, 0.15) is 0 Å². The van der Waals surface area contributed by atoms with Crippen LogP contribution in [0.5, 0.6) is 0 Å². The summed E-state index contributed by atoms with van der Waals surface area (Å²) in [6, 6.07) is 0. The molecule has 0 saturated carbocycles. The van der Waals surface area contributed by atoms with Gasteiger partial charge in [0.2, 0.25) is 0 Å². The summed E-state index contributed by atoms with van der Waals surface area (Å²) in [5.74, 6) is 1.79. The molecule has 0 heterocycles. The lowest BCUT2D eigenvalue weighted by Crippen LogP contribution is -2.31. The molecule has 0 radical (unpaired) electrons. The first kappa shape index (κ1) is 27.0. The van der Waals surface area contributed by atoms with Crippen LogP contribution in [0.3, 0.4) is 0 Å². The van der Waals surface area contributed by atoms with E-state index >= 15 is 0 Å². The van der Waals surface area contributed by atoms with Gasteiger partial charge in [-0.25, -0.2) is 0 Å². The van der Waals surface area contributed by atoms with Crippen LogP contribution in [0, 0.1) is 11.8 Å². The Hall–Kier alpha value is 1.00. The van der Waals surface area contributed by atoms with Crippen LogP contribution in [0.2, 0.25) is 0 Å². The smallest absolute Gasteiger partial charge is 0.0806 e. The number of aliphatic hydroxyl groups excluding tert-OH is 2. The Kier molecular flexibility index (Phi) is 17.6. The number of hydrogen-bond donors (Lipinski definition) is 2. The number of aliphatic hydroxyl groups is 2. The predicted molar refractivity (Wildman–Crippen MR) is 111 cm³/mol. The van der Waals surface area contributed by atoms with Crippen molar-refractivity contribution in [2.45, 2.75) is 63.9 Å². The number of alkyl halides is 4. The summed E-state index contributed by atoms with van der Waals surface area (Å²) in [4.78, 5) is 0. The van der Waals surface area contributed by atoms with E-state index in [1.807, 2.05) is 13.8 Å². The van der Waals surface area contributed by atoms with Crippen LogP contribution in [-0.2, 0) is 9.47 Å². The van der Waals surface area contributed by atoms with Crippen molar-refractivity contribution in [3.63, 3.8) is 0 Å². The van der Waals surface area contributed by atoms with Crippen molar-refractivity contribution < 1.29 is 19.7 Å². The SMILES string of the molecule is CC(OCC(CCl)CCC(O)CCl)C(C)OCC(CCl)CCC(O)CCl. The number of halogens is 4. The first-order valence-electron chi connectivity index (χ1n) is 9.20. The zero-order valence-electron chi connectivity index (χ0n) is 15.8. The van der Waals surface area contributed by atoms with Gasteiger partial charge >= 0.3 is 0 Å². The van der Waals surface area contributed by atoms with Crippen LogP contribution in [0.4, 0.5) is 0 Å². The highest BCUT2D eigenvalue weighted by Gasteiger charge is 2.19. The quantitative estimate of drug-likeness (QED) is 0.321. The lowest BCUT2D eigenvalue weighted by molar-refractivity contribution is -0.0720. The Labute approximate surface area is 178 Å². The van der Waals surface area contributed by atoms with Crippen molar-refractivity contribution in [2.75, 3.05) is 36.7 Å². The molecule has 8 heteroatoms. The molecule has 2 N–H and O–H groups in total. The van der Waals surface area contributed by atoms with Crippen LogP contribution < -0.4 is 0 Å². The van der Waals surface area contributed by atoms with Gasteiger partial charge < -0.3 is 19.7 Å². The van der Waals surface area contributed by atoms with E-state index in [1.165, 1.54) is 0 Å². The normalized spacial score (nSPS) is 18.9. The molecule has 0 rings (SSSR count). The van der Waals surface area contributed by atoms with Gasteiger partial charge in [0.05, 0.1) is 37.6 Å². The van der Waals surface area contributed by atoms with Crippen LogP contribution in [0.1, 0.15) is 39.5 Å². The fourth-order valence-electron chi connectivity index (χ4n) is 2.27. The highest BCUT2D eigenvalue weighted by atomic mass is 35.5. The number of hydrogen-bond acceptors (Lipinski definition) is 4. The Bertz CT molecular complexity index is 296. The maximum atomic E-state index is 9.54. The van der Waals surface area contributed by atoms with Gasteiger partial charge in [0.15, 0.2) is 0 Å². The molecule has 0 saturated heterocycles. The summed E-state index contributed by atoms with van der Waals surface area (Å²) in [6.45, 7) is 4.98. The molecule has 6 unspecified atom stereocenters. The summed E-state index contributed by atoms with van der Waals surface area (Å²) >= 11 is 23.2. The Balaban J connectivity index is 4.10. The molecule has 0 aromatic carbocycles. The van der Waals surface area contributed by atoms with Crippen LogP contribution in [-0.4, -0.2) is 71.4 Å². The molecule has 0 fully saturated rings. The molecule has 0 aliphatic heterocycles. The maximum absolute atomic E-state index is 9.54. The summed E-state index contributed by atoms with van der Waals surface area (Å²) < 4.78 is 11.8. The predicted octanol–water partition coefficient (Wildman–Crippen LogP) is 4.27. The zero-order chi connectivity index (χ0) is 19.9. The van der Waals surface area contributed by atoms with Gasteiger partial charge in [-0.3, -0.25) is 0 Å². The number of ether oxygens (including phenoxy) is 2. The fourth-order valence-corrected chi connectivity index (χ4v) is 3.06. The molecule has 0 amide bonds. The summed E-state index contributed by atoms with van der Waals surface area (Å²) in [5, 5.41) is 19.1. The van der Waals surface area contributed by atoms with Crippen molar-refractivity contribution in [3.8, 4) is 0 Å². The van der Waals surface area contributed by atoms with E-state index in [2.05, 4.69) is 0 Å². The van der Waals surface area contributed by atoms with Gasteiger partial charge in [-0.1, -0.05) is 0 Å². The van der Waals surface area contributed by atoms with Crippen LogP contribution in [0.15, 0.2) is 0 Å². The molecular weight excluding hydrogens is 422 g/mol. The summed E-state index contributed by atoms with van der Waals surface area (Å²) in [7, 11) is 0. The second kappa shape index (κ2) is 16.9. The minimum Gasteiger partial charge on any atom is -0.392 e. The van der Waals surface area contributed by atoms with Crippen molar-refractivity contribution >= 4 is 46.4 Å². The van der Waals surface area contributed by atoms with Crippen molar-refractivity contribution in [2.24, 2.45) is 11.8 Å².